The fourth-order valence-electron chi connectivity index (χ4n) is 4.66. The molecule has 3 atom stereocenters. The fourth-order valence-corrected chi connectivity index (χ4v) is 4.66. The SMILES string of the molecule is Cc1cc(Nc2ccc(C#N)c([C@@H]3CC[C@@H](C(=O)N[C@@H](C)c4ccc(-n5cc(F)cn5)nc4)C3)n2)n[nH]1. The van der Waals surface area contributed by atoms with E-state index < -0.39 is 5.82 Å². The molecule has 11 heteroatoms. The van der Waals surface area contributed by atoms with Gasteiger partial charge in [0.05, 0.1) is 29.7 Å². The van der Waals surface area contributed by atoms with E-state index in [-0.39, 0.29) is 23.8 Å². The van der Waals surface area contributed by atoms with Crippen molar-refractivity contribution in [2.45, 2.75) is 45.1 Å². The Balaban J connectivity index is 1.22. The summed E-state index contributed by atoms with van der Waals surface area (Å²) in [4.78, 5) is 22.1. The van der Waals surface area contributed by atoms with Crippen LogP contribution in [0.2, 0.25) is 0 Å². The second-order valence-electron chi connectivity index (χ2n) is 9.29. The predicted molar refractivity (Wildman–Crippen MR) is 134 cm³/mol. The maximum absolute atomic E-state index is 13.2. The number of hydrogen-bond donors (Lipinski definition) is 3. The number of aryl methyl sites for hydroxylation is 1. The van der Waals surface area contributed by atoms with Crippen molar-refractivity contribution in [1.29, 1.82) is 5.26 Å². The van der Waals surface area contributed by atoms with E-state index in [4.69, 9.17) is 4.98 Å². The molecule has 0 saturated heterocycles. The number of amides is 1. The number of H-pyrrole nitrogens is 1. The van der Waals surface area contributed by atoms with Crippen molar-refractivity contribution in [3.63, 3.8) is 0 Å². The third kappa shape index (κ3) is 5.33. The summed E-state index contributed by atoms with van der Waals surface area (Å²) in [5.41, 5.74) is 2.99. The van der Waals surface area contributed by atoms with Crippen molar-refractivity contribution in [2.24, 2.45) is 5.92 Å². The molecule has 37 heavy (non-hydrogen) atoms. The highest BCUT2D eigenvalue weighted by atomic mass is 19.1. The standard InChI is InChI=1S/C26H26FN9O/c1-15-9-23(35-34-15)32-22-7-5-19(11-28)25(33-22)17-3-4-18(10-17)26(37)31-16(2)20-6-8-24(29-12-20)36-14-21(27)13-30-36/h5-9,12-14,16-18H,3-4,10H2,1-2H3,(H,31,37)(H2,32,33,34,35)/t16-,17+,18+/m0/s1. The molecule has 4 aromatic heterocycles. The van der Waals surface area contributed by atoms with Gasteiger partial charge in [-0.15, -0.1) is 0 Å². The lowest BCUT2D eigenvalue weighted by Gasteiger charge is -2.18. The monoisotopic (exact) mass is 499 g/mol. The molecule has 1 aliphatic carbocycles. The van der Waals surface area contributed by atoms with Crippen LogP contribution in [0.15, 0.2) is 48.9 Å². The van der Waals surface area contributed by atoms with E-state index in [0.717, 1.165) is 23.9 Å². The van der Waals surface area contributed by atoms with Gasteiger partial charge in [0, 0.05) is 29.8 Å². The summed E-state index contributed by atoms with van der Waals surface area (Å²) in [6.45, 7) is 3.81. The highest BCUT2D eigenvalue weighted by Crippen LogP contribution is 2.39. The van der Waals surface area contributed by atoms with Crippen molar-refractivity contribution >= 4 is 17.5 Å². The number of nitrogens with one attached hydrogen (secondary N) is 3. The van der Waals surface area contributed by atoms with Gasteiger partial charge >= 0.3 is 0 Å². The third-order valence-corrected chi connectivity index (χ3v) is 6.61. The van der Waals surface area contributed by atoms with Gasteiger partial charge in [0.1, 0.15) is 11.9 Å². The third-order valence-electron chi connectivity index (χ3n) is 6.61. The van der Waals surface area contributed by atoms with Crippen LogP contribution in [0.1, 0.15) is 60.7 Å². The Bertz CT molecular complexity index is 1450. The Morgan fingerprint density at radius 3 is 2.78 bits per heavy atom. The average molecular weight is 500 g/mol. The van der Waals surface area contributed by atoms with Gasteiger partial charge in [-0.1, -0.05) is 6.07 Å². The van der Waals surface area contributed by atoms with Crippen LogP contribution >= 0.6 is 0 Å². The Hall–Kier alpha value is -4.59. The largest absolute Gasteiger partial charge is 0.349 e. The van der Waals surface area contributed by atoms with Gasteiger partial charge in [-0.2, -0.15) is 15.5 Å². The molecule has 0 spiro atoms. The van der Waals surface area contributed by atoms with Gasteiger partial charge in [-0.05, 0) is 56.9 Å². The zero-order valence-electron chi connectivity index (χ0n) is 20.4. The number of carbonyl (C=O) groups is 1. The molecule has 4 heterocycles. The summed E-state index contributed by atoms with van der Waals surface area (Å²) in [6, 6.07) is 10.9. The zero-order chi connectivity index (χ0) is 25.9. The lowest BCUT2D eigenvalue weighted by molar-refractivity contribution is -0.125. The van der Waals surface area contributed by atoms with E-state index in [2.05, 4.69) is 37.0 Å². The molecule has 0 radical (unpaired) electrons. The van der Waals surface area contributed by atoms with Crippen LogP contribution < -0.4 is 10.6 Å². The van der Waals surface area contributed by atoms with Crippen molar-refractivity contribution in [3.05, 3.63) is 77.3 Å². The Morgan fingerprint density at radius 2 is 2.11 bits per heavy atom. The minimum Gasteiger partial charge on any atom is -0.349 e. The normalized spacial score (nSPS) is 17.8. The van der Waals surface area contributed by atoms with Crippen molar-refractivity contribution < 1.29 is 9.18 Å². The van der Waals surface area contributed by atoms with E-state index in [1.807, 2.05) is 26.0 Å². The van der Waals surface area contributed by atoms with Gasteiger partial charge in [-0.3, -0.25) is 9.89 Å². The molecule has 10 nitrogen and oxygen atoms in total. The molecule has 0 aromatic carbocycles. The van der Waals surface area contributed by atoms with Crippen molar-refractivity contribution in [3.8, 4) is 11.9 Å². The summed E-state index contributed by atoms with van der Waals surface area (Å²) in [6.07, 6.45) is 6.13. The van der Waals surface area contributed by atoms with Gasteiger partial charge in [0.25, 0.3) is 0 Å². The maximum Gasteiger partial charge on any atom is 0.223 e. The first kappa shape index (κ1) is 24.1. The first-order chi connectivity index (χ1) is 17.9. The summed E-state index contributed by atoms with van der Waals surface area (Å²) in [5.74, 6) is 1.12. The van der Waals surface area contributed by atoms with Crippen LogP contribution in [0.25, 0.3) is 5.82 Å². The van der Waals surface area contributed by atoms with E-state index in [1.165, 1.54) is 10.9 Å². The second-order valence-corrected chi connectivity index (χ2v) is 9.29. The Morgan fingerprint density at radius 1 is 1.24 bits per heavy atom. The van der Waals surface area contributed by atoms with Crippen molar-refractivity contribution in [2.75, 3.05) is 5.32 Å². The van der Waals surface area contributed by atoms with Crippen LogP contribution in [0, 0.1) is 30.0 Å². The molecule has 1 amide bonds. The fraction of sp³-hybridized carbons (Fsp3) is 0.308. The number of halogens is 1. The van der Waals surface area contributed by atoms with Gasteiger partial charge in [0.15, 0.2) is 17.5 Å². The van der Waals surface area contributed by atoms with Crippen molar-refractivity contribution in [1.82, 2.24) is 35.3 Å². The summed E-state index contributed by atoms with van der Waals surface area (Å²) in [7, 11) is 0. The smallest absolute Gasteiger partial charge is 0.223 e. The number of aromatic nitrogens is 6. The lowest BCUT2D eigenvalue weighted by atomic mass is 9.97. The zero-order valence-corrected chi connectivity index (χ0v) is 20.4. The quantitative estimate of drug-likeness (QED) is 0.346. The van der Waals surface area contributed by atoms with Gasteiger partial charge in [-0.25, -0.2) is 19.0 Å². The van der Waals surface area contributed by atoms with Crippen LogP contribution in [0.5, 0.6) is 0 Å². The molecule has 3 N–H and O–H groups in total. The first-order valence-electron chi connectivity index (χ1n) is 12.1. The van der Waals surface area contributed by atoms with E-state index >= 15 is 0 Å². The number of pyridine rings is 2. The molecule has 5 rings (SSSR count). The summed E-state index contributed by atoms with van der Waals surface area (Å²) in [5, 5.41) is 26.8. The first-order valence-corrected chi connectivity index (χ1v) is 12.1. The maximum atomic E-state index is 13.2. The molecule has 1 fully saturated rings. The highest BCUT2D eigenvalue weighted by Gasteiger charge is 2.33. The lowest BCUT2D eigenvalue weighted by Crippen LogP contribution is -2.31. The topological polar surface area (TPSA) is 137 Å². The predicted octanol–water partition coefficient (Wildman–Crippen LogP) is 4.21. The number of aromatic amines is 1. The molecular weight excluding hydrogens is 473 g/mol. The summed E-state index contributed by atoms with van der Waals surface area (Å²) >= 11 is 0. The van der Waals surface area contributed by atoms with Gasteiger partial charge < -0.3 is 10.6 Å². The van der Waals surface area contributed by atoms with Crippen LogP contribution in [-0.2, 0) is 4.79 Å². The number of rotatable bonds is 7. The minimum absolute atomic E-state index is 0.0128. The second kappa shape index (κ2) is 10.2. The van der Waals surface area contributed by atoms with E-state index in [0.29, 0.717) is 41.6 Å². The molecule has 4 aromatic rings. The average Bonchev–Trinajstić information content (AvgIpc) is 3.65. The molecular formula is C26H26FN9O. The number of carbonyl (C=O) groups excluding carboxylic acids is 1. The molecule has 0 unspecified atom stereocenters. The highest BCUT2D eigenvalue weighted by molar-refractivity contribution is 5.79. The molecule has 0 bridgehead atoms. The van der Waals surface area contributed by atoms with Crippen LogP contribution in [0.4, 0.5) is 16.0 Å². The number of nitrogens with zero attached hydrogens (tertiary/aromatic N) is 6. The number of anilines is 2. The molecule has 0 aliphatic heterocycles. The summed E-state index contributed by atoms with van der Waals surface area (Å²) < 4.78 is 14.6. The Labute approximate surface area is 213 Å². The van der Waals surface area contributed by atoms with E-state index in [1.54, 1.807) is 24.4 Å². The molecule has 1 aliphatic rings. The van der Waals surface area contributed by atoms with Crippen LogP contribution in [-0.4, -0.2) is 35.9 Å². The van der Waals surface area contributed by atoms with Gasteiger partial charge in [0.2, 0.25) is 5.91 Å². The molecule has 188 valence electrons. The number of nitriles is 1. The Kier molecular flexibility index (Phi) is 6.64. The number of hydrogen-bond acceptors (Lipinski definition) is 7. The molecule has 1 saturated carbocycles. The van der Waals surface area contributed by atoms with E-state index in [9.17, 15) is 14.4 Å². The minimum atomic E-state index is -0.436. The van der Waals surface area contributed by atoms with Crippen LogP contribution in [0.3, 0.4) is 0 Å².